The Bertz CT molecular complexity index is 369. The van der Waals surface area contributed by atoms with Crippen LogP contribution >= 0.6 is 11.8 Å². The molecule has 0 atom stereocenters. The van der Waals surface area contributed by atoms with E-state index in [0.29, 0.717) is 5.89 Å². The van der Waals surface area contributed by atoms with E-state index < -0.39 is 0 Å². The maximum Gasteiger partial charge on any atom is 0.247 e. The molecule has 0 fully saturated rings. The third-order valence-electron chi connectivity index (χ3n) is 1.70. The van der Waals surface area contributed by atoms with Crippen molar-refractivity contribution in [2.24, 2.45) is 0 Å². The van der Waals surface area contributed by atoms with Crippen LogP contribution in [0.3, 0.4) is 0 Å². The third-order valence-corrected chi connectivity index (χ3v) is 2.44. The first-order chi connectivity index (χ1) is 6.40. The van der Waals surface area contributed by atoms with E-state index in [4.69, 9.17) is 4.42 Å². The van der Waals surface area contributed by atoms with E-state index >= 15 is 0 Å². The average Bonchev–Trinajstić information content (AvgIpc) is 2.71. The highest BCUT2D eigenvalue weighted by Crippen LogP contribution is 2.20. The van der Waals surface area contributed by atoms with Crippen LogP contribution in [0.5, 0.6) is 0 Å². The summed E-state index contributed by atoms with van der Waals surface area (Å²) in [6, 6.07) is 8.01. The molecule has 0 bridgehead atoms. The molecule has 0 radical (unpaired) electrons. The van der Waals surface area contributed by atoms with Gasteiger partial charge in [0.1, 0.15) is 0 Å². The Morgan fingerprint density at radius 1 is 1.23 bits per heavy atom. The minimum atomic E-state index is 0.563. The number of thioether (sulfide) groups is 1. The molecule has 2 rings (SSSR count). The molecule has 13 heavy (non-hydrogen) atoms. The van der Waals surface area contributed by atoms with Gasteiger partial charge in [0.2, 0.25) is 12.3 Å². The van der Waals surface area contributed by atoms with Gasteiger partial charge < -0.3 is 4.42 Å². The zero-order valence-electron chi connectivity index (χ0n) is 7.10. The van der Waals surface area contributed by atoms with Crippen molar-refractivity contribution in [2.75, 3.05) is 6.26 Å². The summed E-state index contributed by atoms with van der Waals surface area (Å²) < 4.78 is 5.06. The van der Waals surface area contributed by atoms with Crippen LogP contribution in [0.15, 0.2) is 40.0 Å². The van der Waals surface area contributed by atoms with E-state index in [1.807, 2.05) is 30.5 Å². The van der Waals surface area contributed by atoms with Gasteiger partial charge in [-0.2, -0.15) is 0 Å². The highest BCUT2D eigenvalue weighted by atomic mass is 32.2. The van der Waals surface area contributed by atoms with Gasteiger partial charge >= 0.3 is 0 Å². The van der Waals surface area contributed by atoms with E-state index in [1.54, 1.807) is 11.8 Å². The van der Waals surface area contributed by atoms with Crippen LogP contribution in [0.2, 0.25) is 0 Å². The molecule has 0 N–H and O–H groups in total. The molecule has 0 amide bonds. The maximum atomic E-state index is 5.06. The fraction of sp³-hybridized carbons (Fsp3) is 0.111. The molecule has 0 saturated heterocycles. The molecule has 0 saturated carbocycles. The van der Waals surface area contributed by atoms with Gasteiger partial charge in [-0.1, -0.05) is 0 Å². The Kier molecular flexibility index (Phi) is 2.31. The van der Waals surface area contributed by atoms with Crippen LogP contribution in [-0.4, -0.2) is 16.5 Å². The highest BCUT2D eigenvalue weighted by molar-refractivity contribution is 7.98. The second-order valence-electron chi connectivity index (χ2n) is 2.47. The highest BCUT2D eigenvalue weighted by Gasteiger charge is 2.01. The summed E-state index contributed by atoms with van der Waals surface area (Å²) in [4.78, 5) is 1.23. The summed E-state index contributed by atoms with van der Waals surface area (Å²) in [5.41, 5.74) is 0.954. The van der Waals surface area contributed by atoms with Crippen molar-refractivity contribution >= 4 is 11.8 Å². The lowest BCUT2D eigenvalue weighted by Crippen LogP contribution is -1.77. The van der Waals surface area contributed by atoms with E-state index in [2.05, 4.69) is 10.2 Å². The number of aromatic nitrogens is 2. The van der Waals surface area contributed by atoms with E-state index in [1.165, 1.54) is 11.3 Å². The number of nitrogens with zero attached hydrogens (tertiary/aromatic N) is 2. The second-order valence-corrected chi connectivity index (χ2v) is 3.35. The molecule has 0 aliphatic carbocycles. The van der Waals surface area contributed by atoms with Crippen molar-refractivity contribution in [3.8, 4) is 11.5 Å². The third kappa shape index (κ3) is 1.72. The van der Waals surface area contributed by atoms with Crippen molar-refractivity contribution in [1.82, 2.24) is 10.2 Å². The summed E-state index contributed by atoms with van der Waals surface area (Å²) in [5, 5.41) is 7.44. The lowest BCUT2D eigenvalue weighted by molar-refractivity contribution is 0.568. The fourth-order valence-electron chi connectivity index (χ4n) is 1.03. The Balaban J connectivity index is 2.33. The van der Waals surface area contributed by atoms with Gasteiger partial charge in [-0.15, -0.1) is 22.0 Å². The van der Waals surface area contributed by atoms with Crippen LogP contribution in [0.1, 0.15) is 0 Å². The molecule has 0 spiro atoms. The van der Waals surface area contributed by atoms with Gasteiger partial charge in [0.15, 0.2) is 0 Å². The molecule has 1 heterocycles. The first kappa shape index (κ1) is 8.31. The molecule has 0 aliphatic rings. The summed E-state index contributed by atoms with van der Waals surface area (Å²) in [6.45, 7) is 0. The monoisotopic (exact) mass is 192 g/mol. The topological polar surface area (TPSA) is 38.9 Å². The number of hydrogen-bond donors (Lipinski definition) is 0. The number of hydrogen-bond acceptors (Lipinski definition) is 4. The maximum absolute atomic E-state index is 5.06. The van der Waals surface area contributed by atoms with Crippen molar-refractivity contribution < 1.29 is 4.42 Å². The van der Waals surface area contributed by atoms with Crippen molar-refractivity contribution in [3.63, 3.8) is 0 Å². The Labute approximate surface area is 80.2 Å². The van der Waals surface area contributed by atoms with Gasteiger partial charge in [-0.3, -0.25) is 0 Å². The molecule has 3 nitrogen and oxygen atoms in total. The summed E-state index contributed by atoms with van der Waals surface area (Å²) in [6.07, 6.45) is 3.37. The SMILES string of the molecule is CSc1ccc(-c2nnco2)cc1. The Morgan fingerprint density at radius 3 is 2.54 bits per heavy atom. The molecule has 0 aliphatic heterocycles. The Morgan fingerprint density at radius 2 is 2.00 bits per heavy atom. The predicted octanol–water partition coefficient (Wildman–Crippen LogP) is 2.46. The van der Waals surface area contributed by atoms with Gasteiger partial charge in [0.05, 0.1) is 0 Å². The predicted molar refractivity (Wildman–Crippen MR) is 51.5 cm³/mol. The van der Waals surface area contributed by atoms with Crippen LogP contribution < -0.4 is 0 Å². The smallest absolute Gasteiger partial charge is 0.247 e. The van der Waals surface area contributed by atoms with Crippen molar-refractivity contribution in [1.29, 1.82) is 0 Å². The van der Waals surface area contributed by atoms with E-state index in [9.17, 15) is 0 Å². The van der Waals surface area contributed by atoms with E-state index in [0.717, 1.165) is 5.56 Å². The van der Waals surface area contributed by atoms with Gasteiger partial charge in [-0.05, 0) is 30.5 Å². The average molecular weight is 192 g/mol. The minimum absolute atomic E-state index is 0.563. The van der Waals surface area contributed by atoms with Crippen LogP contribution in [0.25, 0.3) is 11.5 Å². The van der Waals surface area contributed by atoms with Crippen LogP contribution in [-0.2, 0) is 0 Å². The van der Waals surface area contributed by atoms with Gasteiger partial charge in [0, 0.05) is 10.5 Å². The minimum Gasteiger partial charge on any atom is -0.423 e. The van der Waals surface area contributed by atoms with Gasteiger partial charge in [0.25, 0.3) is 0 Å². The zero-order chi connectivity index (χ0) is 9.10. The molecule has 1 aromatic heterocycles. The first-order valence-electron chi connectivity index (χ1n) is 3.81. The quantitative estimate of drug-likeness (QED) is 0.685. The van der Waals surface area contributed by atoms with Crippen LogP contribution in [0.4, 0.5) is 0 Å². The largest absolute Gasteiger partial charge is 0.423 e. The Hall–Kier alpha value is -1.29. The normalized spacial score (nSPS) is 10.2. The molecule has 2 aromatic rings. The summed E-state index contributed by atoms with van der Waals surface area (Å²) in [7, 11) is 0. The van der Waals surface area contributed by atoms with E-state index in [-0.39, 0.29) is 0 Å². The first-order valence-corrected chi connectivity index (χ1v) is 5.03. The lowest BCUT2D eigenvalue weighted by atomic mass is 10.2. The van der Waals surface area contributed by atoms with Crippen LogP contribution in [0, 0.1) is 0 Å². The number of rotatable bonds is 2. The molecule has 66 valence electrons. The zero-order valence-corrected chi connectivity index (χ0v) is 7.91. The molecule has 0 unspecified atom stereocenters. The number of benzene rings is 1. The standard InChI is InChI=1S/C9H8N2OS/c1-13-8-4-2-7(3-5-8)9-11-10-6-12-9/h2-6H,1H3. The fourth-order valence-corrected chi connectivity index (χ4v) is 1.44. The molecular weight excluding hydrogens is 184 g/mol. The van der Waals surface area contributed by atoms with Gasteiger partial charge in [-0.25, -0.2) is 0 Å². The summed E-state index contributed by atoms with van der Waals surface area (Å²) >= 11 is 1.71. The van der Waals surface area contributed by atoms with Crippen molar-refractivity contribution in [2.45, 2.75) is 4.90 Å². The molecular formula is C9H8N2OS. The molecule has 1 aromatic carbocycles. The second kappa shape index (κ2) is 3.62. The lowest BCUT2D eigenvalue weighted by Gasteiger charge is -1.96. The summed E-state index contributed by atoms with van der Waals surface area (Å²) in [5.74, 6) is 0.563. The van der Waals surface area contributed by atoms with Crippen molar-refractivity contribution in [3.05, 3.63) is 30.7 Å². The molecule has 4 heteroatoms.